The number of nitrogens with zero attached hydrogens (tertiary/aromatic N) is 4. The van der Waals surface area contributed by atoms with Gasteiger partial charge in [-0.2, -0.15) is 5.10 Å². The standard InChI is InChI=1S/C23H22ClFN4O2/c1-16(29-22(30)10-9-21(26-29)17-5-3-2-4-6-17)23(31)28-13-11-27(12-14-28)18-7-8-20(25)19(24)15-18/h2-10,15-16H,11-14H2,1H3. The number of hydrogen-bond donors (Lipinski definition) is 0. The molecule has 1 unspecified atom stereocenters. The lowest BCUT2D eigenvalue weighted by Crippen LogP contribution is -2.51. The van der Waals surface area contributed by atoms with Crippen molar-refractivity contribution < 1.29 is 9.18 Å². The van der Waals surface area contributed by atoms with Gasteiger partial charge in [0.15, 0.2) is 0 Å². The van der Waals surface area contributed by atoms with Gasteiger partial charge in [0.05, 0.1) is 10.7 Å². The number of carbonyl (C=O) groups is 1. The quantitative estimate of drug-likeness (QED) is 0.622. The number of amides is 1. The second-order valence-corrected chi connectivity index (χ2v) is 7.86. The minimum Gasteiger partial charge on any atom is -0.368 e. The molecule has 2 aromatic carbocycles. The van der Waals surface area contributed by atoms with Crippen LogP contribution in [0.2, 0.25) is 5.02 Å². The highest BCUT2D eigenvalue weighted by Gasteiger charge is 2.27. The summed E-state index contributed by atoms with van der Waals surface area (Å²) in [5, 5.41) is 4.51. The van der Waals surface area contributed by atoms with Gasteiger partial charge in [0, 0.05) is 43.5 Å². The Labute approximate surface area is 184 Å². The van der Waals surface area contributed by atoms with Gasteiger partial charge >= 0.3 is 0 Å². The second-order valence-electron chi connectivity index (χ2n) is 7.45. The van der Waals surface area contributed by atoms with E-state index in [0.717, 1.165) is 11.3 Å². The number of hydrogen-bond acceptors (Lipinski definition) is 4. The highest BCUT2D eigenvalue weighted by atomic mass is 35.5. The molecule has 2 heterocycles. The highest BCUT2D eigenvalue weighted by molar-refractivity contribution is 6.31. The monoisotopic (exact) mass is 440 g/mol. The summed E-state index contributed by atoms with van der Waals surface area (Å²) >= 11 is 5.89. The van der Waals surface area contributed by atoms with Crippen molar-refractivity contribution in [2.24, 2.45) is 0 Å². The van der Waals surface area contributed by atoms with Gasteiger partial charge in [0.2, 0.25) is 5.91 Å². The van der Waals surface area contributed by atoms with Crippen molar-refractivity contribution in [2.75, 3.05) is 31.1 Å². The molecule has 1 atom stereocenters. The molecule has 1 aliphatic heterocycles. The number of carbonyl (C=O) groups excluding carboxylic acids is 1. The fourth-order valence-corrected chi connectivity index (χ4v) is 3.88. The maximum absolute atomic E-state index is 13.4. The molecule has 0 spiro atoms. The van der Waals surface area contributed by atoms with E-state index in [1.54, 1.807) is 30.0 Å². The molecule has 8 heteroatoms. The van der Waals surface area contributed by atoms with E-state index in [2.05, 4.69) is 10.00 Å². The van der Waals surface area contributed by atoms with E-state index >= 15 is 0 Å². The van der Waals surface area contributed by atoms with Crippen molar-refractivity contribution in [2.45, 2.75) is 13.0 Å². The maximum Gasteiger partial charge on any atom is 0.267 e. The topological polar surface area (TPSA) is 58.4 Å². The van der Waals surface area contributed by atoms with E-state index in [-0.39, 0.29) is 16.5 Å². The Morgan fingerprint density at radius 2 is 1.74 bits per heavy atom. The van der Waals surface area contributed by atoms with Gasteiger partial charge in [0.25, 0.3) is 5.56 Å². The Bertz CT molecular complexity index is 1140. The molecule has 31 heavy (non-hydrogen) atoms. The molecule has 3 aromatic rings. The Morgan fingerprint density at radius 3 is 2.42 bits per heavy atom. The average Bonchev–Trinajstić information content (AvgIpc) is 2.81. The van der Waals surface area contributed by atoms with E-state index in [4.69, 9.17) is 11.6 Å². The van der Waals surface area contributed by atoms with Crippen molar-refractivity contribution in [3.63, 3.8) is 0 Å². The van der Waals surface area contributed by atoms with Crippen molar-refractivity contribution in [1.82, 2.24) is 14.7 Å². The largest absolute Gasteiger partial charge is 0.368 e. The Kier molecular flexibility index (Phi) is 6.04. The van der Waals surface area contributed by atoms with E-state index in [1.165, 1.54) is 16.8 Å². The molecule has 1 fully saturated rings. The van der Waals surface area contributed by atoms with Gasteiger partial charge in [-0.05, 0) is 31.2 Å². The summed E-state index contributed by atoms with van der Waals surface area (Å²) < 4.78 is 14.7. The lowest BCUT2D eigenvalue weighted by molar-refractivity contribution is -0.135. The third-order valence-electron chi connectivity index (χ3n) is 5.48. The molecule has 160 valence electrons. The van der Waals surface area contributed by atoms with Gasteiger partial charge in [-0.1, -0.05) is 41.9 Å². The Balaban J connectivity index is 1.47. The third kappa shape index (κ3) is 4.46. The molecule has 0 bridgehead atoms. The summed E-state index contributed by atoms with van der Waals surface area (Å²) in [5.41, 5.74) is 2.01. The SMILES string of the molecule is CC(C(=O)N1CCN(c2ccc(F)c(Cl)c2)CC1)n1nc(-c2ccccc2)ccc1=O. The van der Waals surface area contributed by atoms with Crippen LogP contribution in [0, 0.1) is 5.82 Å². The molecule has 1 aromatic heterocycles. The lowest BCUT2D eigenvalue weighted by Gasteiger charge is -2.37. The van der Waals surface area contributed by atoms with Crippen molar-refractivity contribution in [3.8, 4) is 11.3 Å². The van der Waals surface area contributed by atoms with Crippen LogP contribution in [0.5, 0.6) is 0 Å². The third-order valence-corrected chi connectivity index (χ3v) is 5.77. The summed E-state index contributed by atoms with van der Waals surface area (Å²) in [6.07, 6.45) is 0. The van der Waals surface area contributed by atoms with Crippen LogP contribution in [-0.2, 0) is 4.79 Å². The molecular formula is C23H22ClFN4O2. The minimum atomic E-state index is -0.719. The first-order valence-electron chi connectivity index (χ1n) is 10.1. The Hall–Kier alpha value is -3.19. The fraction of sp³-hybridized carbons (Fsp3) is 0.261. The van der Waals surface area contributed by atoms with E-state index in [0.29, 0.717) is 31.9 Å². The summed E-state index contributed by atoms with van der Waals surface area (Å²) in [6, 6.07) is 16.5. The number of benzene rings is 2. The van der Waals surface area contributed by atoms with Crippen LogP contribution in [0.4, 0.5) is 10.1 Å². The number of rotatable bonds is 4. The van der Waals surface area contributed by atoms with Crippen LogP contribution in [-0.4, -0.2) is 46.8 Å². The average molecular weight is 441 g/mol. The molecule has 0 saturated carbocycles. The number of piperazine rings is 1. The molecule has 4 rings (SSSR count). The molecular weight excluding hydrogens is 419 g/mol. The predicted octanol–water partition coefficient (Wildman–Crippen LogP) is 3.61. The highest BCUT2D eigenvalue weighted by Crippen LogP contribution is 2.24. The number of anilines is 1. The van der Waals surface area contributed by atoms with Gasteiger partial charge in [-0.3, -0.25) is 9.59 Å². The zero-order valence-corrected chi connectivity index (χ0v) is 17.8. The molecule has 1 aliphatic rings. The maximum atomic E-state index is 13.4. The van der Waals surface area contributed by atoms with Crippen LogP contribution in [0.3, 0.4) is 0 Å². The number of halogens is 2. The zero-order chi connectivity index (χ0) is 22.0. The van der Waals surface area contributed by atoms with E-state index < -0.39 is 11.9 Å². The van der Waals surface area contributed by atoms with E-state index in [1.807, 2.05) is 30.3 Å². The van der Waals surface area contributed by atoms with Crippen molar-refractivity contribution in [3.05, 3.63) is 81.9 Å². The first-order chi connectivity index (χ1) is 14.9. The predicted molar refractivity (Wildman–Crippen MR) is 119 cm³/mol. The fourth-order valence-electron chi connectivity index (χ4n) is 3.70. The first kappa shape index (κ1) is 21.1. The van der Waals surface area contributed by atoms with Crippen LogP contribution in [0.25, 0.3) is 11.3 Å². The van der Waals surface area contributed by atoms with Gasteiger partial charge in [-0.15, -0.1) is 0 Å². The zero-order valence-electron chi connectivity index (χ0n) is 17.0. The van der Waals surface area contributed by atoms with Crippen LogP contribution >= 0.6 is 11.6 Å². The van der Waals surface area contributed by atoms with Crippen LogP contribution in [0.15, 0.2) is 65.5 Å². The van der Waals surface area contributed by atoms with Gasteiger partial charge in [0.1, 0.15) is 11.9 Å². The van der Waals surface area contributed by atoms with Crippen LogP contribution in [0.1, 0.15) is 13.0 Å². The summed E-state index contributed by atoms with van der Waals surface area (Å²) in [4.78, 5) is 29.3. The molecule has 0 aliphatic carbocycles. The molecule has 1 amide bonds. The molecule has 6 nitrogen and oxygen atoms in total. The first-order valence-corrected chi connectivity index (χ1v) is 10.5. The van der Waals surface area contributed by atoms with Crippen LogP contribution < -0.4 is 10.5 Å². The van der Waals surface area contributed by atoms with Gasteiger partial charge < -0.3 is 9.80 Å². The summed E-state index contributed by atoms with van der Waals surface area (Å²) in [7, 11) is 0. The summed E-state index contributed by atoms with van der Waals surface area (Å²) in [6.45, 7) is 3.85. The normalized spacial score (nSPS) is 15.1. The van der Waals surface area contributed by atoms with E-state index in [9.17, 15) is 14.0 Å². The molecule has 0 radical (unpaired) electrons. The molecule has 0 N–H and O–H groups in total. The summed E-state index contributed by atoms with van der Waals surface area (Å²) in [5.74, 6) is -0.611. The van der Waals surface area contributed by atoms with Gasteiger partial charge in [-0.25, -0.2) is 9.07 Å². The van der Waals surface area contributed by atoms with Crippen molar-refractivity contribution >= 4 is 23.2 Å². The number of aromatic nitrogens is 2. The second kappa shape index (κ2) is 8.89. The van der Waals surface area contributed by atoms with Crippen molar-refractivity contribution in [1.29, 1.82) is 0 Å². The smallest absolute Gasteiger partial charge is 0.267 e. The Morgan fingerprint density at radius 1 is 1.03 bits per heavy atom. The lowest BCUT2D eigenvalue weighted by atomic mass is 10.1. The minimum absolute atomic E-state index is 0.0772. The molecule has 1 saturated heterocycles.